The van der Waals surface area contributed by atoms with Gasteiger partial charge in [0.05, 0.1) is 12.1 Å². The van der Waals surface area contributed by atoms with Crippen LogP contribution < -0.4 is 5.56 Å². The Labute approximate surface area is 170 Å². The maximum atomic E-state index is 13.1. The number of fused-ring (bicyclic) bond motifs is 1. The molecule has 0 aliphatic rings. The largest absolute Gasteiger partial charge is 0.282 e. The molecule has 0 N–H and O–H groups in total. The fourth-order valence-corrected chi connectivity index (χ4v) is 4.87. The van der Waals surface area contributed by atoms with Gasteiger partial charge in [-0.25, -0.2) is 4.98 Å². The van der Waals surface area contributed by atoms with Gasteiger partial charge in [-0.2, -0.15) is 0 Å². The second kappa shape index (κ2) is 7.89. The third kappa shape index (κ3) is 3.95. The molecular formula is C21H17ClN2OS2. The molecule has 0 saturated carbocycles. The summed E-state index contributed by atoms with van der Waals surface area (Å²) in [5, 5.41) is 3.36. The van der Waals surface area contributed by atoms with Gasteiger partial charge in [0.25, 0.3) is 5.56 Å². The summed E-state index contributed by atoms with van der Waals surface area (Å²) < 4.78 is 2.47. The summed E-state index contributed by atoms with van der Waals surface area (Å²) in [4.78, 5) is 17.8. The van der Waals surface area contributed by atoms with E-state index in [0.717, 1.165) is 21.7 Å². The number of aryl methyl sites for hydroxylation is 1. The molecule has 27 heavy (non-hydrogen) atoms. The number of rotatable bonds is 5. The molecule has 0 radical (unpaired) electrons. The molecule has 0 unspecified atom stereocenters. The summed E-state index contributed by atoms with van der Waals surface area (Å²) in [6.45, 7) is 2.56. The number of hydrogen-bond donors (Lipinski definition) is 0. The molecule has 0 fully saturated rings. The average molecular weight is 413 g/mol. The first-order valence-corrected chi connectivity index (χ1v) is 10.8. The topological polar surface area (TPSA) is 34.9 Å². The Balaban J connectivity index is 1.72. The van der Waals surface area contributed by atoms with Crippen LogP contribution in [0.3, 0.4) is 0 Å². The van der Waals surface area contributed by atoms with Gasteiger partial charge in [-0.3, -0.25) is 9.36 Å². The van der Waals surface area contributed by atoms with Crippen molar-refractivity contribution < 1.29 is 0 Å². The number of halogens is 1. The fourth-order valence-electron chi connectivity index (χ4n) is 2.81. The van der Waals surface area contributed by atoms with Crippen LogP contribution in [0.4, 0.5) is 0 Å². The lowest BCUT2D eigenvalue weighted by Gasteiger charge is -2.13. The van der Waals surface area contributed by atoms with Crippen molar-refractivity contribution in [2.45, 2.75) is 24.4 Å². The van der Waals surface area contributed by atoms with Crippen molar-refractivity contribution in [1.82, 2.24) is 9.55 Å². The van der Waals surface area contributed by atoms with Crippen LogP contribution in [0, 0.1) is 6.92 Å². The van der Waals surface area contributed by atoms with Crippen molar-refractivity contribution in [3.63, 3.8) is 0 Å². The number of benzene rings is 2. The van der Waals surface area contributed by atoms with E-state index in [1.807, 2.05) is 35.7 Å². The Hall–Kier alpha value is -2.08. The molecule has 0 aliphatic heterocycles. The maximum absolute atomic E-state index is 13.1. The molecule has 0 atom stereocenters. The third-order valence-corrected chi connectivity index (χ3v) is 6.59. The minimum atomic E-state index is 0.0113. The van der Waals surface area contributed by atoms with Gasteiger partial charge in [0.15, 0.2) is 5.16 Å². The zero-order chi connectivity index (χ0) is 18.8. The molecule has 136 valence electrons. The second-order valence-electron chi connectivity index (χ2n) is 6.29. The number of nitrogens with zero attached hydrogens (tertiary/aromatic N) is 2. The van der Waals surface area contributed by atoms with E-state index in [4.69, 9.17) is 16.6 Å². The standard InChI is InChI=1S/C21H17ClN2OS2/c1-14-6-8-15(9-7-14)12-24-20(25)19-18(10-11-26-19)23-21(24)27-13-16-4-2-3-5-17(16)22/h2-11H,12-13H2,1H3. The Morgan fingerprint density at radius 3 is 2.67 bits per heavy atom. The average Bonchev–Trinajstić information content (AvgIpc) is 3.14. The van der Waals surface area contributed by atoms with E-state index in [2.05, 4.69) is 31.2 Å². The summed E-state index contributed by atoms with van der Waals surface area (Å²) in [5.41, 5.74) is 4.08. The summed E-state index contributed by atoms with van der Waals surface area (Å²) in [7, 11) is 0. The van der Waals surface area contributed by atoms with Gasteiger partial charge < -0.3 is 0 Å². The highest BCUT2D eigenvalue weighted by molar-refractivity contribution is 7.98. The van der Waals surface area contributed by atoms with Crippen molar-refractivity contribution in [2.75, 3.05) is 0 Å². The van der Waals surface area contributed by atoms with Crippen molar-refractivity contribution in [3.05, 3.63) is 92.0 Å². The molecule has 0 aliphatic carbocycles. The highest BCUT2D eigenvalue weighted by Crippen LogP contribution is 2.27. The van der Waals surface area contributed by atoms with Crippen LogP contribution in [0.2, 0.25) is 5.02 Å². The van der Waals surface area contributed by atoms with Gasteiger partial charge in [0, 0.05) is 10.8 Å². The molecule has 6 heteroatoms. The molecule has 0 amide bonds. The van der Waals surface area contributed by atoms with Crippen molar-refractivity contribution in [3.8, 4) is 0 Å². The van der Waals surface area contributed by atoms with E-state index in [1.54, 1.807) is 16.3 Å². The second-order valence-corrected chi connectivity index (χ2v) is 8.55. The minimum absolute atomic E-state index is 0.0113. The molecule has 2 aromatic carbocycles. The quantitative estimate of drug-likeness (QED) is 0.308. The SMILES string of the molecule is Cc1ccc(Cn2c(SCc3ccccc3Cl)nc3ccsc3c2=O)cc1. The van der Waals surface area contributed by atoms with Gasteiger partial charge in [-0.15, -0.1) is 11.3 Å². The lowest BCUT2D eigenvalue weighted by Crippen LogP contribution is -2.23. The third-order valence-electron chi connectivity index (χ3n) is 4.31. The Morgan fingerprint density at radius 1 is 1.11 bits per heavy atom. The van der Waals surface area contributed by atoms with Crippen molar-refractivity contribution in [1.29, 1.82) is 0 Å². The minimum Gasteiger partial charge on any atom is -0.282 e. The number of aromatic nitrogens is 2. The van der Waals surface area contributed by atoms with Crippen LogP contribution in [0.1, 0.15) is 16.7 Å². The number of hydrogen-bond acceptors (Lipinski definition) is 4. The van der Waals surface area contributed by atoms with Crippen LogP contribution in [0.25, 0.3) is 10.2 Å². The zero-order valence-electron chi connectivity index (χ0n) is 14.7. The predicted molar refractivity (Wildman–Crippen MR) is 115 cm³/mol. The van der Waals surface area contributed by atoms with Gasteiger partial charge in [-0.1, -0.05) is 71.4 Å². The fraction of sp³-hybridized carbons (Fsp3) is 0.143. The zero-order valence-corrected chi connectivity index (χ0v) is 17.1. The molecule has 0 bridgehead atoms. The molecule has 3 nitrogen and oxygen atoms in total. The molecule has 2 heterocycles. The van der Waals surface area contributed by atoms with E-state index in [1.165, 1.54) is 16.9 Å². The number of thioether (sulfide) groups is 1. The van der Waals surface area contributed by atoms with Crippen molar-refractivity contribution >= 4 is 44.9 Å². The van der Waals surface area contributed by atoms with Gasteiger partial charge in [0.2, 0.25) is 0 Å². The predicted octanol–water partition coefficient (Wildman–Crippen LogP) is 5.76. The van der Waals surface area contributed by atoms with E-state index >= 15 is 0 Å². The number of thiophene rings is 1. The summed E-state index contributed by atoms with van der Waals surface area (Å²) in [6, 6.07) is 17.9. The smallest absolute Gasteiger partial charge is 0.272 e. The van der Waals surface area contributed by atoms with Crippen LogP contribution in [0.15, 0.2) is 69.9 Å². The first-order valence-electron chi connectivity index (χ1n) is 8.51. The summed E-state index contributed by atoms with van der Waals surface area (Å²) >= 11 is 9.26. The van der Waals surface area contributed by atoms with Gasteiger partial charge >= 0.3 is 0 Å². The van der Waals surface area contributed by atoms with Crippen LogP contribution >= 0.6 is 34.7 Å². The van der Waals surface area contributed by atoms with Crippen LogP contribution in [0.5, 0.6) is 0 Å². The van der Waals surface area contributed by atoms with Crippen LogP contribution in [-0.4, -0.2) is 9.55 Å². The van der Waals surface area contributed by atoms with E-state index in [9.17, 15) is 4.79 Å². The van der Waals surface area contributed by atoms with Gasteiger partial charge in [0.1, 0.15) is 4.70 Å². The summed E-state index contributed by atoms with van der Waals surface area (Å²) in [6.07, 6.45) is 0. The molecule has 0 saturated heterocycles. The molecule has 0 spiro atoms. The monoisotopic (exact) mass is 412 g/mol. The summed E-state index contributed by atoms with van der Waals surface area (Å²) in [5.74, 6) is 0.662. The normalized spacial score (nSPS) is 11.2. The van der Waals surface area contributed by atoms with E-state index in [0.29, 0.717) is 22.2 Å². The highest BCUT2D eigenvalue weighted by Gasteiger charge is 2.14. The first kappa shape index (κ1) is 18.3. The Kier molecular flexibility index (Phi) is 5.34. The van der Waals surface area contributed by atoms with Gasteiger partial charge in [-0.05, 0) is 35.6 Å². The molecule has 2 aromatic heterocycles. The molecule has 4 rings (SSSR count). The lowest BCUT2D eigenvalue weighted by atomic mass is 10.1. The van der Waals surface area contributed by atoms with E-state index < -0.39 is 0 Å². The van der Waals surface area contributed by atoms with Crippen LogP contribution in [-0.2, 0) is 12.3 Å². The molecule has 4 aromatic rings. The van der Waals surface area contributed by atoms with Crippen molar-refractivity contribution in [2.24, 2.45) is 0 Å². The molecular weight excluding hydrogens is 396 g/mol. The maximum Gasteiger partial charge on any atom is 0.272 e. The Bertz CT molecular complexity index is 1150. The highest BCUT2D eigenvalue weighted by atomic mass is 35.5. The first-order chi connectivity index (χ1) is 13.1. The van der Waals surface area contributed by atoms with E-state index in [-0.39, 0.29) is 5.56 Å². The Morgan fingerprint density at radius 2 is 1.89 bits per heavy atom. The lowest BCUT2D eigenvalue weighted by molar-refractivity contribution is 0.659.